The van der Waals surface area contributed by atoms with Gasteiger partial charge in [-0.2, -0.15) is 0 Å². The summed E-state index contributed by atoms with van der Waals surface area (Å²) < 4.78 is 5.18. The number of ether oxygens (including phenoxy) is 1. The van der Waals surface area contributed by atoms with Gasteiger partial charge in [0.2, 0.25) is 11.8 Å². The van der Waals surface area contributed by atoms with E-state index in [9.17, 15) is 24.6 Å². The van der Waals surface area contributed by atoms with E-state index in [2.05, 4.69) is 11.1 Å². The Balaban J connectivity index is 1.47. The quantitative estimate of drug-likeness (QED) is 0.438. The minimum absolute atomic E-state index is 0.241. The van der Waals surface area contributed by atoms with Gasteiger partial charge in [0.05, 0.1) is 25.5 Å². The van der Waals surface area contributed by atoms with E-state index in [0.29, 0.717) is 18.8 Å². The summed E-state index contributed by atoms with van der Waals surface area (Å²) in [7, 11) is 1.58. The van der Waals surface area contributed by atoms with E-state index in [0.717, 1.165) is 33.2 Å². The lowest BCUT2D eigenvalue weighted by Gasteiger charge is -2.30. The number of carboxylic acid groups (broad SMARTS) is 2. The van der Waals surface area contributed by atoms with Crippen LogP contribution in [-0.2, 0) is 14.4 Å². The molecule has 1 amide bonds. The van der Waals surface area contributed by atoms with Crippen molar-refractivity contribution in [2.45, 2.75) is 24.9 Å². The molecule has 0 spiro atoms. The normalized spacial score (nSPS) is 15.2. The van der Waals surface area contributed by atoms with Crippen LogP contribution in [0.1, 0.15) is 24.8 Å². The van der Waals surface area contributed by atoms with E-state index in [1.165, 1.54) is 4.90 Å². The first kappa shape index (κ1) is 24.9. The monoisotopic (exact) mass is 490 g/mol. The van der Waals surface area contributed by atoms with Crippen LogP contribution in [0.2, 0.25) is 0 Å². The molecule has 1 atom stereocenters. The minimum Gasteiger partial charge on any atom is -0.481 e. The predicted octanol–water partition coefficient (Wildman–Crippen LogP) is 3.21. The van der Waals surface area contributed by atoms with Crippen LogP contribution in [0.25, 0.3) is 27.6 Å². The second-order valence-corrected chi connectivity index (χ2v) is 8.76. The van der Waals surface area contributed by atoms with E-state index >= 15 is 0 Å². The summed E-state index contributed by atoms with van der Waals surface area (Å²) in [5.74, 6) is -3.27. The third-order valence-electron chi connectivity index (χ3n) is 6.25. The van der Waals surface area contributed by atoms with Crippen molar-refractivity contribution in [3.63, 3.8) is 0 Å². The van der Waals surface area contributed by atoms with E-state index in [1.807, 2.05) is 54.6 Å². The van der Waals surface area contributed by atoms with Gasteiger partial charge in [0.1, 0.15) is 0 Å². The lowest BCUT2D eigenvalue weighted by Crippen LogP contribution is -2.47. The Kier molecular flexibility index (Phi) is 7.03. The molecule has 186 valence electrons. The molecule has 36 heavy (non-hydrogen) atoms. The molecule has 0 saturated heterocycles. The third kappa shape index (κ3) is 5.36. The molecule has 1 aromatic heterocycles. The number of amides is 1. The molecule has 0 aliphatic carbocycles. The highest BCUT2D eigenvalue weighted by atomic mass is 16.5. The Morgan fingerprint density at radius 2 is 1.67 bits per heavy atom. The number of carboxylic acids is 2. The lowest BCUT2D eigenvalue weighted by molar-refractivity contribution is -0.169. The van der Waals surface area contributed by atoms with Crippen LogP contribution in [0.5, 0.6) is 5.88 Å². The molecule has 0 radical (unpaired) electrons. The fraction of sp³-hybridized carbons (Fsp3) is 0.259. The lowest BCUT2D eigenvalue weighted by atomic mass is 9.93. The second kappa shape index (κ2) is 10.2. The van der Waals surface area contributed by atoms with Crippen LogP contribution in [0, 0.1) is 0 Å². The highest BCUT2D eigenvalue weighted by Crippen LogP contribution is 2.28. The molecule has 0 fully saturated rings. The standard InChI is InChI=1S/C27H26N2O7/c1-36-23-11-9-20-13-19(8-10-22(20)28-23)17-4-6-18(7-5-17)21-3-2-12-29(16-21)24(30)14-27(35,26(33)34)15-25(31)32/h3-11,13,35H,2,12,14-16H2,1H3,(H,31,32)(H,33,34). The van der Waals surface area contributed by atoms with Crippen molar-refractivity contribution in [2.75, 3.05) is 20.2 Å². The molecule has 3 N–H and O–H groups in total. The average molecular weight is 491 g/mol. The maximum absolute atomic E-state index is 12.7. The zero-order valence-corrected chi connectivity index (χ0v) is 19.7. The summed E-state index contributed by atoms with van der Waals surface area (Å²) in [6.45, 7) is 0.601. The highest BCUT2D eigenvalue weighted by molar-refractivity contribution is 5.91. The predicted molar refractivity (Wildman–Crippen MR) is 132 cm³/mol. The molecule has 1 unspecified atom stereocenters. The maximum Gasteiger partial charge on any atom is 0.336 e. The van der Waals surface area contributed by atoms with Crippen LogP contribution in [0.4, 0.5) is 0 Å². The fourth-order valence-electron chi connectivity index (χ4n) is 4.27. The average Bonchev–Trinajstić information content (AvgIpc) is 2.87. The van der Waals surface area contributed by atoms with Gasteiger partial charge in [-0.15, -0.1) is 0 Å². The van der Waals surface area contributed by atoms with Crippen molar-refractivity contribution in [1.82, 2.24) is 9.88 Å². The molecule has 2 heterocycles. The van der Waals surface area contributed by atoms with Crippen LogP contribution in [0.15, 0.2) is 60.7 Å². The number of benzene rings is 2. The zero-order chi connectivity index (χ0) is 25.9. The number of aromatic nitrogens is 1. The number of carbonyl (C=O) groups is 3. The number of pyridine rings is 1. The van der Waals surface area contributed by atoms with E-state index < -0.39 is 36.3 Å². The molecule has 3 aromatic rings. The SMILES string of the molecule is COc1ccc2cc(-c3ccc(C4=CCCN(C(=O)CC(O)(CC(=O)O)C(=O)O)C4)cc3)ccc2n1. The van der Waals surface area contributed by atoms with Crippen molar-refractivity contribution in [3.8, 4) is 17.0 Å². The highest BCUT2D eigenvalue weighted by Gasteiger charge is 2.42. The first-order valence-corrected chi connectivity index (χ1v) is 11.4. The number of nitrogens with zero attached hydrogens (tertiary/aromatic N) is 2. The largest absolute Gasteiger partial charge is 0.481 e. The minimum atomic E-state index is -2.65. The van der Waals surface area contributed by atoms with Crippen molar-refractivity contribution >= 4 is 34.3 Å². The molecule has 1 aliphatic rings. The number of hydrogen-bond acceptors (Lipinski definition) is 6. The molecule has 0 saturated carbocycles. The maximum atomic E-state index is 12.7. The van der Waals surface area contributed by atoms with Crippen LogP contribution < -0.4 is 4.74 Å². The van der Waals surface area contributed by atoms with Gasteiger partial charge in [0, 0.05) is 24.5 Å². The number of carbonyl (C=O) groups excluding carboxylic acids is 1. The number of fused-ring (bicyclic) bond motifs is 1. The fourth-order valence-corrected chi connectivity index (χ4v) is 4.27. The number of rotatable bonds is 8. The smallest absolute Gasteiger partial charge is 0.336 e. The summed E-state index contributed by atoms with van der Waals surface area (Å²) in [5.41, 5.74) is 2.05. The summed E-state index contributed by atoms with van der Waals surface area (Å²) in [5, 5.41) is 29.4. The second-order valence-electron chi connectivity index (χ2n) is 8.76. The van der Waals surface area contributed by atoms with Crippen LogP contribution in [-0.4, -0.2) is 68.8 Å². The van der Waals surface area contributed by atoms with Crippen LogP contribution >= 0.6 is 0 Å². The Labute approximate surface area is 207 Å². The van der Waals surface area contributed by atoms with Gasteiger partial charge < -0.3 is 25.0 Å². The zero-order valence-electron chi connectivity index (χ0n) is 19.7. The molecular weight excluding hydrogens is 464 g/mol. The molecule has 4 rings (SSSR count). The van der Waals surface area contributed by atoms with Gasteiger partial charge in [0.15, 0.2) is 5.60 Å². The van der Waals surface area contributed by atoms with Crippen molar-refractivity contribution in [3.05, 3.63) is 66.2 Å². The van der Waals surface area contributed by atoms with Gasteiger partial charge in [0.25, 0.3) is 0 Å². The van der Waals surface area contributed by atoms with Crippen molar-refractivity contribution in [2.24, 2.45) is 0 Å². The summed E-state index contributed by atoms with van der Waals surface area (Å²) in [6, 6.07) is 17.7. The third-order valence-corrected chi connectivity index (χ3v) is 6.25. The van der Waals surface area contributed by atoms with Crippen molar-refractivity contribution < 1.29 is 34.4 Å². The van der Waals surface area contributed by atoms with Gasteiger partial charge in [-0.05, 0) is 46.9 Å². The molecule has 0 bridgehead atoms. The van der Waals surface area contributed by atoms with Crippen LogP contribution in [0.3, 0.4) is 0 Å². The first-order valence-electron chi connectivity index (χ1n) is 11.4. The van der Waals surface area contributed by atoms with E-state index in [4.69, 9.17) is 9.84 Å². The Bertz CT molecular complexity index is 1350. The Hall–Kier alpha value is -4.24. The number of aliphatic carboxylic acids is 2. The Morgan fingerprint density at radius 1 is 0.972 bits per heavy atom. The molecule has 9 nitrogen and oxygen atoms in total. The molecule has 9 heteroatoms. The van der Waals surface area contributed by atoms with Crippen molar-refractivity contribution in [1.29, 1.82) is 0 Å². The Morgan fingerprint density at radius 3 is 2.33 bits per heavy atom. The van der Waals surface area contributed by atoms with E-state index in [1.54, 1.807) is 7.11 Å². The number of aliphatic hydroxyl groups is 1. The number of methoxy groups -OCH3 is 1. The van der Waals surface area contributed by atoms with Gasteiger partial charge in [-0.25, -0.2) is 9.78 Å². The van der Waals surface area contributed by atoms with E-state index in [-0.39, 0.29) is 6.54 Å². The molecular formula is C27H26N2O7. The van der Waals surface area contributed by atoms with Gasteiger partial charge >= 0.3 is 11.9 Å². The molecule has 1 aliphatic heterocycles. The molecule has 2 aromatic carbocycles. The van der Waals surface area contributed by atoms with Gasteiger partial charge in [-0.1, -0.05) is 36.4 Å². The summed E-state index contributed by atoms with van der Waals surface area (Å²) in [6.07, 6.45) is 0.733. The van der Waals surface area contributed by atoms with Gasteiger partial charge in [-0.3, -0.25) is 9.59 Å². The first-order chi connectivity index (χ1) is 17.2. The summed E-state index contributed by atoms with van der Waals surface area (Å²) >= 11 is 0. The number of hydrogen-bond donors (Lipinski definition) is 3. The summed E-state index contributed by atoms with van der Waals surface area (Å²) in [4.78, 5) is 41.0. The topological polar surface area (TPSA) is 137 Å².